The van der Waals surface area contributed by atoms with Gasteiger partial charge in [0.25, 0.3) is 0 Å². The van der Waals surface area contributed by atoms with E-state index in [9.17, 15) is 9.59 Å². The third kappa shape index (κ3) is 9.78. The maximum atomic E-state index is 12.0. The SMILES string of the molecule is C=CCOc1ccc2cc(C3CCC(C4CCC(C(CCOC(=O)C(=C)CO)CCOC(=O)C(=C)CO)CC4)CC3)ccc2c1. The summed E-state index contributed by atoms with van der Waals surface area (Å²) in [5.41, 5.74) is 1.53. The van der Waals surface area contributed by atoms with Crippen molar-refractivity contribution in [3.05, 3.63) is 78.9 Å². The Morgan fingerprint density at radius 2 is 1.31 bits per heavy atom. The number of rotatable bonds is 16. The van der Waals surface area contributed by atoms with Gasteiger partial charge in [-0.05, 0) is 122 Å². The third-order valence-electron chi connectivity index (χ3n) is 10.00. The average Bonchev–Trinajstić information content (AvgIpc) is 3.08. The standard InChI is InChI=1S/C38H50O7/c1-4-19-43-36-16-15-34-22-33(13-14-35(34)23-36)31-11-9-29(10-12-31)28-5-7-30(8-6-28)32(17-20-44-37(41)26(2)24-39)18-21-45-38(42)27(3)25-40/h4,13-16,22-23,28-32,39-40H,1-3,5-12,17-21,24-25H2. The Bertz CT molecular complexity index is 1280. The lowest BCUT2D eigenvalue weighted by Gasteiger charge is -2.40. The van der Waals surface area contributed by atoms with Crippen LogP contribution in [0.1, 0.15) is 75.7 Å². The molecule has 45 heavy (non-hydrogen) atoms. The minimum Gasteiger partial charge on any atom is -0.490 e. The van der Waals surface area contributed by atoms with Crippen molar-refractivity contribution in [1.82, 2.24) is 0 Å². The molecule has 0 bridgehead atoms. The molecule has 0 aliphatic heterocycles. The monoisotopic (exact) mass is 618 g/mol. The molecular formula is C38H50O7. The van der Waals surface area contributed by atoms with Gasteiger partial charge in [0.1, 0.15) is 12.4 Å². The zero-order chi connectivity index (χ0) is 32.2. The topological polar surface area (TPSA) is 102 Å². The van der Waals surface area contributed by atoms with E-state index in [0.717, 1.165) is 30.4 Å². The Morgan fingerprint density at radius 3 is 1.87 bits per heavy atom. The average molecular weight is 619 g/mol. The first-order chi connectivity index (χ1) is 21.8. The van der Waals surface area contributed by atoms with E-state index in [1.54, 1.807) is 6.08 Å². The summed E-state index contributed by atoms with van der Waals surface area (Å²) < 4.78 is 16.4. The van der Waals surface area contributed by atoms with E-state index in [0.29, 0.717) is 31.3 Å². The van der Waals surface area contributed by atoms with Crippen LogP contribution in [0.15, 0.2) is 73.4 Å². The van der Waals surface area contributed by atoms with Crippen molar-refractivity contribution in [2.75, 3.05) is 33.0 Å². The van der Waals surface area contributed by atoms with Gasteiger partial charge in [-0.25, -0.2) is 9.59 Å². The minimum absolute atomic E-state index is 0.0439. The molecule has 2 fully saturated rings. The Morgan fingerprint density at radius 1 is 0.778 bits per heavy atom. The van der Waals surface area contributed by atoms with Crippen molar-refractivity contribution in [3.63, 3.8) is 0 Å². The van der Waals surface area contributed by atoms with Crippen molar-refractivity contribution < 1.29 is 34.0 Å². The van der Waals surface area contributed by atoms with E-state index in [-0.39, 0.29) is 30.3 Å². The largest absolute Gasteiger partial charge is 0.490 e. The molecule has 2 aliphatic rings. The van der Waals surface area contributed by atoms with Gasteiger partial charge in [0, 0.05) is 0 Å². The van der Waals surface area contributed by atoms with Crippen molar-refractivity contribution in [2.45, 2.75) is 70.1 Å². The second kappa shape index (κ2) is 17.3. The van der Waals surface area contributed by atoms with Crippen LogP contribution in [-0.4, -0.2) is 55.2 Å². The van der Waals surface area contributed by atoms with Crippen molar-refractivity contribution in [3.8, 4) is 5.75 Å². The molecule has 2 aromatic carbocycles. The summed E-state index contributed by atoms with van der Waals surface area (Å²) in [6.07, 6.45) is 12.7. The smallest absolute Gasteiger partial charge is 0.335 e. The predicted molar refractivity (Wildman–Crippen MR) is 177 cm³/mol. The lowest BCUT2D eigenvalue weighted by atomic mass is 9.66. The van der Waals surface area contributed by atoms with Gasteiger partial charge < -0.3 is 24.4 Å². The zero-order valence-corrected chi connectivity index (χ0v) is 26.6. The first-order valence-corrected chi connectivity index (χ1v) is 16.5. The summed E-state index contributed by atoms with van der Waals surface area (Å²) in [5.74, 6) is 2.55. The number of fused-ring (bicyclic) bond motifs is 1. The molecule has 0 spiro atoms. The molecule has 7 nitrogen and oxygen atoms in total. The molecule has 7 heteroatoms. The highest BCUT2D eigenvalue weighted by atomic mass is 16.5. The van der Waals surface area contributed by atoms with Gasteiger partial charge in [0.05, 0.1) is 37.6 Å². The summed E-state index contributed by atoms with van der Waals surface area (Å²) in [5, 5.41) is 20.7. The molecular weight excluding hydrogens is 568 g/mol. The van der Waals surface area contributed by atoms with E-state index in [2.05, 4.69) is 50.1 Å². The maximum Gasteiger partial charge on any atom is 0.335 e. The summed E-state index contributed by atoms with van der Waals surface area (Å²) in [4.78, 5) is 24.0. The molecule has 2 aliphatic carbocycles. The summed E-state index contributed by atoms with van der Waals surface area (Å²) in [7, 11) is 0. The minimum atomic E-state index is -0.576. The van der Waals surface area contributed by atoms with Gasteiger partial charge in [-0.3, -0.25) is 0 Å². The lowest BCUT2D eigenvalue weighted by molar-refractivity contribution is -0.140. The molecule has 244 valence electrons. The van der Waals surface area contributed by atoms with Crippen molar-refractivity contribution >= 4 is 22.7 Å². The van der Waals surface area contributed by atoms with Crippen LogP contribution < -0.4 is 4.74 Å². The number of benzene rings is 2. The van der Waals surface area contributed by atoms with Gasteiger partial charge >= 0.3 is 11.9 Å². The Labute approximate surface area is 268 Å². The van der Waals surface area contributed by atoms with Crippen LogP contribution in [0.5, 0.6) is 5.75 Å². The van der Waals surface area contributed by atoms with Gasteiger partial charge in [0.15, 0.2) is 0 Å². The predicted octanol–water partition coefficient (Wildman–Crippen LogP) is 7.06. The van der Waals surface area contributed by atoms with Gasteiger partial charge in [-0.1, -0.05) is 50.1 Å². The van der Waals surface area contributed by atoms with Crippen LogP contribution in [0.2, 0.25) is 0 Å². The quantitative estimate of drug-likeness (QED) is 0.118. The molecule has 0 atom stereocenters. The molecule has 2 aromatic rings. The van der Waals surface area contributed by atoms with Crippen LogP contribution in [0.25, 0.3) is 10.8 Å². The Balaban J connectivity index is 1.27. The Hall–Kier alpha value is -3.42. The second-order valence-corrected chi connectivity index (χ2v) is 12.8. The fraction of sp³-hybridized carbons (Fsp3) is 0.526. The number of hydrogen-bond acceptors (Lipinski definition) is 7. The van der Waals surface area contributed by atoms with Crippen LogP contribution in [0.4, 0.5) is 0 Å². The van der Waals surface area contributed by atoms with Crippen LogP contribution in [0, 0.1) is 23.7 Å². The van der Waals surface area contributed by atoms with Gasteiger partial charge in [-0.15, -0.1) is 0 Å². The van der Waals surface area contributed by atoms with Crippen LogP contribution >= 0.6 is 0 Å². The van der Waals surface area contributed by atoms with E-state index >= 15 is 0 Å². The van der Waals surface area contributed by atoms with Gasteiger partial charge in [0.2, 0.25) is 0 Å². The summed E-state index contributed by atoms with van der Waals surface area (Å²) in [6, 6.07) is 13.2. The van der Waals surface area contributed by atoms with Crippen LogP contribution in [-0.2, 0) is 19.1 Å². The van der Waals surface area contributed by atoms with E-state index in [1.807, 2.05) is 6.07 Å². The fourth-order valence-corrected chi connectivity index (χ4v) is 7.31. The highest BCUT2D eigenvalue weighted by molar-refractivity contribution is 5.88. The molecule has 0 unspecified atom stereocenters. The van der Waals surface area contributed by atoms with Crippen molar-refractivity contribution in [2.24, 2.45) is 23.7 Å². The third-order valence-corrected chi connectivity index (χ3v) is 10.00. The lowest BCUT2D eigenvalue weighted by Crippen LogP contribution is -2.29. The number of carbonyl (C=O) groups is 2. The first-order valence-electron chi connectivity index (χ1n) is 16.5. The zero-order valence-electron chi connectivity index (χ0n) is 26.6. The number of ether oxygens (including phenoxy) is 3. The number of esters is 2. The van der Waals surface area contributed by atoms with E-state index in [4.69, 9.17) is 24.4 Å². The number of aliphatic hydroxyl groups excluding tert-OH is 2. The molecule has 0 aromatic heterocycles. The highest BCUT2D eigenvalue weighted by Gasteiger charge is 2.34. The molecule has 2 saturated carbocycles. The van der Waals surface area contributed by atoms with E-state index in [1.165, 1.54) is 54.9 Å². The number of aliphatic hydroxyl groups is 2. The van der Waals surface area contributed by atoms with Gasteiger partial charge in [-0.2, -0.15) is 0 Å². The Kier molecular flexibility index (Phi) is 13.3. The molecule has 0 heterocycles. The number of carbonyl (C=O) groups excluding carboxylic acids is 2. The fourth-order valence-electron chi connectivity index (χ4n) is 7.31. The molecule has 2 N–H and O–H groups in total. The normalized spacial score (nSPS) is 21.7. The first kappa shape index (κ1) is 34.5. The molecule has 0 amide bonds. The number of hydrogen-bond donors (Lipinski definition) is 2. The molecule has 4 rings (SSSR count). The molecule has 0 radical (unpaired) electrons. The van der Waals surface area contributed by atoms with E-state index < -0.39 is 25.2 Å². The van der Waals surface area contributed by atoms with Crippen molar-refractivity contribution in [1.29, 1.82) is 0 Å². The summed E-state index contributed by atoms with van der Waals surface area (Å²) >= 11 is 0. The van der Waals surface area contributed by atoms with Crippen LogP contribution in [0.3, 0.4) is 0 Å². The molecule has 0 saturated heterocycles. The maximum absolute atomic E-state index is 12.0. The highest BCUT2D eigenvalue weighted by Crippen LogP contribution is 2.46. The second-order valence-electron chi connectivity index (χ2n) is 12.8. The summed E-state index contributed by atoms with van der Waals surface area (Å²) in [6.45, 7) is 10.9.